The number of rotatable bonds is 5. The number of hydrogen-bond acceptors (Lipinski definition) is 6. The summed E-state index contributed by atoms with van der Waals surface area (Å²) in [7, 11) is 0. The van der Waals surface area contributed by atoms with Crippen LogP contribution in [0.2, 0.25) is 0 Å². The van der Waals surface area contributed by atoms with Gasteiger partial charge in [0.15, 0.2) is 0 Å². The molecule has 2 aromatic rings. The van der Waals surface area contributed by atoms with E-state index in [4.69, 9.17) is 15.5 Å². The minimum absolute atomic E-state index is 0.0146. The van der Waals surface area contributed by atoms with Gasteiger partial charge in [-0.15, -0.1) is 0 Å². The Balaban J connectivity index is 1.17. The number of fused-ring (bicyclic) bond motifs is 1. The van der Waals surface area contributed by atoms with Crippen LogP contribution < -0.4 is 10.5 Å². The van der Waals surface area contributed by atoms with E-state index >= 15 is 0 Å². The van der Waals surface area contributed by atoms with Crippen LogP contribution in [0.4, 0.5) is 0 Å². The molecule has 4 aliphatic rings. The molecule has 6 nitrogen and oxygen atoms in total. The van der Waals surface area contributed by atoms with Gasteiger partial charge in [-0.05, 0) is 87.0 Å². The van der Waals surface area contributed by atoms with Crippen LogP contribution in [0.15, 0.2) is 70.2 Å². The minimum atomic E-state index is -0.0146. The lowest BCUT2D eigenvalue weighted by Gasteiger charge is -2.42. The number of ether oxygens (including phenoxy) is 1. The molecule has 3 aliphatic heterocycles. The third kappa shape index (κ3) is 4.65. The van der Waals surface area contributed by atoms with Crippen molar-refractivity contribution in [3.63, 3.8) is 0 Å². The highest BCUT2D eigenvalue weighted by Crippen LogP contribution is 2.39. The molecule has 2 fully saturated rings. The van der Waals surface area contributed by atoms with Gasteiger partial charge in [-0.2, -0.15) is 0 Å². The van der Waals surface area contributed by atoms with Gasteiger partial charge < -0.3 is 15.4 Å². The van der Waals surface area contributed by atoms with E-state index in [1.807, 2.05) is 42.5 Å². The SMILES string of the molecule is NC1=NC=NC2C1=C(c1ccc(Oc3ccccc3)cc1)CN2C1CCC(N2CCCCC2)CC1. The Kier molecular flexibility index (Phi) is 6.40. The minimum Gasteiger partial charge on any atom is -0.457 e. The van der Waals surface area contributed by atoms with Gasteiger partial charge in [0.2, 0.25) is 0 Å². The molecule has 0 bridgehead atoms. The molecule has 0 spiro atoms. The summed E-state index contributed by atoms with van der Waals surface area (Å²) in [5.41, 5.74) is 9.94. The Bertz CT molecular complexity index is 1110. The number of nitrogens with two attached hydrogens (primary N) is 1. The zero-order valence-electron chi connectivity index (χ0n) is 20.4. The molecule has 35 heavy (non-hydrogen) atoms. The monoisotopic (exact) mass is 469 g/mol. The fourth-order valence-corrected chi connectivity index (χ4v) is 6.31. The van der Waals surface area contributed by atoms with Gasteiger partial charge in [-0.25, -0.2) is 9.98 Å². The molecule has 0 aromatic heterocycles. The second kappa shape index (κ2) is 9.96. The fraction of sp³-hybridized carbons (Fsp3) is 0.448. The first-order valence-electron chi connectivity index (χ1n) is 13.2. The topological polar surface area (TPSA) is 66.5 Å². The van der Waals surface area contributed by atoms with E-state index in [2.05, 4.69) is 26.9 Å². The number of aliphatic imine (C=N–C) groups is 2. The van der Waals surface area contributed by atoms with E-state index in [-0.39, 0.29) is 6.17 Å². The van der Waals surface area contributed by atoms with E-state index in [1.165, 1.54) is 69.2 Å². The third-order valence-electron chi connectivity index (χ3n) is 8.14. The van der Waals surface area contributed by atoms with Crippen LogP contribution in [0.1, 0.15) is 50.5 Å². The highest BCUT2D eigenvalue weighted by molar-refractivity contribution is 6.10. The van der Waals surface area contributed by atoms with Crippen molar-refractivity contribution >= 4 is 17.7 Å². The number of hydrogen-bond donors (Lipinski definition) is 1. The number of amidine groups is 1. The highest BCUT2D eigenvalue weighted by Gasteiger charge is 2.41. The number of para-hydroxylation sites is 1. The molecule has 1 saturated carbocycles. The summed E-state index contributed by atoms with van der Waals surface area (Å²) < 4.78 is 6.00. The first-order chi connectivity index (χ1) is 17.3. The van der Waals surface area contributed by atoms with Crippen molar-refractivity contribution in [2.24, 2.45) is 15.7 Å². The molecule has 6 rings (SSSR count). The predicted octanol–water partition coefficient (Wildman–Crippen LogP) is 5.07. The van der Waals surface area contributed by atoms with Crippen LogP contribution in [-0.4, -0.2) is 59.9 Å². The number of likely N-dealkylation sites (tertiary alicyclic amines) is 1. The number of nitrogens with zero attached hydrogens (tertiary/aromatic N) is 4. The number of benzene rings is 2. The normalized spacial score (nSPS) is 27.5. The van der Waals surface area contributed by atoms with Crippen molar-refractivity contribution in [3.8, 4) is 11.5 Å². The summed E-state index contributed by atoms with van der Waals surface area (Å²) in [6, 6.07) is 19.5. The van der Waals surface area contributed by atoms with Gasteiger partial charge in [-0.3, -0.25) is 4.90 Å². The lowest BCUT2D eigenvalue weighted by Crippen LogP contribution is -2.48. The van der Waals surface area contributed by atoms with Crippen LogP contribution >= 0.6 is 0 Å². The smallest absolute Gasteiger partial charge is 0.134 e. The average Bonchev–Trinajstić information content (AvgIpc) is 3.31. The lowest BCUT2D eigenvalue weighted by molar-refractivity contribution is 0.0825. The Hall–Kier alpha value is -2.96. The van der Waals surface area contributed by atoms with Crippen molar-refractivity contribution in [3.05, 3.63) is 65.7 Å². The number of piperidine rings is 1. The average molecular weight is 470 g/mol. The largest absolute Gasteiger partial charge is 0.457 e. The van der Waals surface area contributed by atoms with Gasteiger partial charge >= 0.3 is 0 Å². The zero-order chi connectivity index (χ0) is 23.6. The molecule has 2 N–H and O–H groups in total. The third-order valence-corrected chi connectivity index (χ3v) is 8.14. The Morgan fingerprint density at radius 3 is 2.23 bits per heavy atom. The van der Waals surface area contributed by atoms with Crippen molar-refractivity contribution in [1.82, 2.24) is 9.80 Å². The van der Waals surface area contributed by atoms with Crippen LogP contribution in [0.5, 0.6) is 11.5 Å². The van der Waals surface area contributed by atoms with Crippen LogP contribution in [-0.2, 0) is 0 Å². The highest BCUT2D eigenvalue weighted by atomic mass is 16.5. The van der Waals surface area contributed by atoms with E-state index < -0.39 is 0 Å². The fourth-order valence-electron chi connectivity index (χ4n) is 6.31. The maximum absolute atomic E-state index is 6.43. The summed E-state index contributed by atoms with van der Waals surface area (Å²) in [4.78, 5) is 14.5. The Labute approximate surface area is 208 Å². The molecular weight excluding hydrogens is 434 g/mol. The van der Waals surface area contributed by atoms with Crippen molar-refractivity contribution < 1.29 is 4.74 Å². The quantitative estimate of drug-likeness (QED) is 0.664. The molecule has 182 valence electrons. The van der Waals surface area contributed by atoms with Crippen LogP contribution in [0.3, 0.4) is 0 Å². The summed E-state index contributed by atoms with van der Waals surface area (Å²) in [5, 5.41) is 0. The summed E-state index contributed by atoms with van der Waals surface area (Å²) >= 11 is 0. The van der Waals surface area contributed by atoms with Crippen molar-refractivity contribution in [2.45, 2.75) is 63.2 Å². The molecule has 1 atom stereocenters. The summed E-state index contributed by atoms with van der Waals surface area (Å²) in [6.45, 7) is 3.45. The van der Waals surface area contributed by atoms with Gasteiger partial charge in [0, 0.05) is 24.2 Å². The molecule has 2 aromatic carbocycles. The second-order valence-electron chi connectivity index (χ2n) is 10.2. The standard InChI is InChI=1S/C29H35N5O/c30-28-27-26(21-9-15-25(16-10-21)35-24-7-3-1-4-8-24)19-34(29(27)32-20-31-28)23-13-11-22(12-14-23)33-17-5-2-6-18-33/h1,3-4,7-10,15-16,20,22-23,29H,2,5-6,11-14,17-19H2,(H2,30,31,32). The van der Waals surface area contributed by atoms with Gasteiger partial charge in [-0.1, -0.05) is 36.8 Å². The van der Waals surface area contributed by atoms with E-state index in [9.17, 15) is 0 Å². The summed E-state index contributed by atoms with van der Waals surface area (Å²) in [5.74, 6) is 2.28. The molecule has 3 heterocycles. The lowest BCUT2D eigenvalue weighted by atomic mass is 9.88. The maximum atomic E-state index is 6.43. The van der Waals surface area contributed by atoms with Gasteiger partial charge in [0.1, 0.15) is 29.8 Å². The van der Waals surface area contributed by atoms with Crippen LogP contribution in [0.25, 0.3) is 5.57 Å². The zero-order valence-corrected chi connectivity index (χ0v) is 20.4. The van der Waals surface area contributed by atoms with E-state index in [0.29, 0.717) is 11.9 Å². The van der Waals surface area contributed by atoms with E-state index in [0.717, 1.165) is 29.7 Å². The molecule has 0 amide bonds. The van der Waals surface area contributed by atoms with Crippen molar-refractivity contribution in [1.29, 1.82) is 0 Å². The molecular formula is C29H35N5O. The Morgan fingerprint density at radius 1 is 0.800 bits per heavy atom. The van der Waals surface area contributed by atoms with Crippen LogP contribution in [0, 0.1) is 0 Å². The summed E-state index contributed by atoms with van der Waals surface area (Å²) in [6.07, 6.45) is 10.8. The molecule has 1 unspecified atom stereocenters. The second-order valence-corrected chi connectivity index (χ2v) is 10.2. The molecule has 1 saturated heterocycles. The molecule has 6 heteroatoms. The molecule has 0 radical (unpaired) electrons. The Morgan fingerprint density at radius 2 is 1.49 bits per heavy atom. The van der Waals surface area contributed by atoms with Gasteiger partial charge in [0.25, 0.3) is 0 Å². The van der Waals surface area contributed by atoms with E-state index in [1.54, 1.807) is 6.34 Å². The maximum Gasteiger partial charge on any atom is 0.134 e. The molecule has 1 aliphatic carbocycles. The first-order valence-corrected chi connectivity index (χ1v) is 13.2. The van der Waals surface area contributed by atoms with Crippen molar-refractivity contribution in [2.75, 3.05) is 19.6 Å². The first kappa shape index (κ1) is 22.5. The predicted molar refractivity (Wildman–Crippen MR) is 142 cm³/mol. The van der Waals surface area contributed by atoms with Gasteiger partial charge in [0.05, 0.1) is 0 Å².